The highest BCUT2D eigenvalue weighted by molar-refractivity contribution is 5.81. The first-order valence-corrected chi connectivity index (χ1v) is 3.18. The van der Waals surface area contributed by atoms with Crippen molar-refractivity contribution in [2.45, 2.75) is 19.8 Å². The molecule has 0 saturated carbocycles. The van der Waals surface area contributed by atoms with Crippen molar-refractivity contribution in [1.82, 2.24) is 0 Å². The van der Waals surface area contributed by atoms with Crippen LogP contribution in [-0.4, -0.2) is 12.3 Å². The van der Waals surface area contributed by atoms with Crippen LogP contribution in [0, 0.1) is 0 Å². The second-order valence-electron chi connectivity index (χ2n) is 1.83. The van der Waals surface area contributed by atoms with Crippen LogP contribution in [0.3, 0.4) is 0 Å². The summed E-state index contributed by atoms with van der Waals surface area (Å²) in [6.45, 7) is 2.19. The maximum absolute atomic E-state index is 10.5. The molecule has 2 N–H and O–H groups in total. The van der Waals surface area contributed by atoms with Gasteiger partial charge in [0.25, 0.3) is 0 Å². The number of nitrogens with two attached hydrogens (primary N) is 1. The molecule has 0 unspecified atom stereocenters. The molecule has 2 nitrogen and oxygen atoms in total. The van der Waals surface area contributed by atoms with E-state index in [9.17, 15) is 4.79 Å². The smallest absolute Gasteiger partial charge is 0.150 e. The fourth-order valence-electron chi connectivity index (χ4n) is 0.465. The van der Waals surface area contributed by atoms with Crippen LogP contribution in [-0.2, 0) is 4.79 Å². The van der Waals surface area contributed by atoms with Gasteiger partial charge in [-0.05, 0) is 6.42 Å². The highest BCUT2D eigenvalue weighted by Crippen LogP contribution is 1.85. The molecule has 0 saturated heterocycles. The second kappa shape index (κ2) is 5.51. The Labute approximate surface area is 55.7 Å². The monoisotopic (exact) mass is 127 g/mol. The van der Waals surface area contributed by atoms with Crippen LogP contribution in [0.15, 0.2) is 12.2 Å². The van der Waals surface area contributed by atoms with Gasteiger partial charge in [-0.3, -0.25) is 4.79 Å². The molecule has 0 radical (unpaired) electrons. The molecule has 0 aliphatic carbocycles. The van der Waals surface area contributed by atoms with Gasteiger partial charge in [0.05, 0.1) is 6.54 Å². The molecule has 0 fully saturated rings. The molecule has 0 aliphatic heterocycles. The molecule has 2 heteroatoms. The van der Waals surface area contributed by atoms with Crippen molar-refractivity contribution in [3.05, 3.63) is 12.2 Å². The highest BCUT2D eigenvalue weighted by Gasteiger charge is 1.90. The maximum atomic E-state index is 10.5. The van der Waals surface area contributed by atoms with Crippen molar-refractivity contribution in [3.63, 3.8) is 0 Å². The lowest BCUT2D eigenvalue weighted by atomic mass is 10.2. The molecule has 0 aromatic carbocycles. The van der Waals surface area contributed by atoms with Gasteiger partial charge >= 0.3 is 0 Å². The minimum absolute atomic E-state index is 0.0969. The third-order valence-corrected chi connectivity index (χ3v) is 0.976. The predicted molar refractivity (Wildman–Crippen MR) is 38.1 cm³/mol. The van der Waals surface area contributed by atoms with Gasteiger partial charge in [-0.2, -0.15) is 0 Å². The zero-order valence-corrected chi connectivity index (χ0v) is 5.76. The molecule has 0 spiro atoms. The first-order valence-electron chi connectivity index (χ1n) is 3.18. The average Bonchev–Trinajstić information content (AvgIpc) is 1.89. The lowest BCUT2D eigenvalue weighted by molar-refractivity contribution is -0.116. The van der Waals surface area contributed by atoms with Crippen LogP contribution in [0.25, 0.3) is 0 Å². The number of allylic oxidation sites excluding steroid dienone is 2. The van der Waals surface area contributed by atoms with Gasteiger partial charge in [0.1, 0.15) is 5.78 Å². The largest absolute Gasteiger partial charge is 0.324 e. The Morgan fingerprint density at radius 1 is 1.56 bits per heavy atom. The third-order valence-electron chi connectivity index (χ3n) is 0.976. The summed E-state index contributed by atoms with van der Waals surface area (Å²) in [7, 11) is 0. The van der Waals surface area contributed by atoms with E-state index in [1.54, 1.807) is 0 Å². The van der Waals surface area contributed by atoms with E-state index >= 15 is 0 Å². The maximum Gasteiger partial charge on any atom is 0.150 e. The fraction of sp³-hybridized carbons (Fsp3) is 0.571. The zero-order chi connectivity index (χ0) is 7.11. The van der Waals surface area contributed by atoms with Crippen molar-refractivity contribution in [2.24, 2.45) is 5.73 Å². The fourth-order valence-corrected chi connectivity index (χ4v) is 0.465. The Kier molecular flexibility index (Phi) is 5.12. The molecule has 0 atom stereocenters. The number of Topliss-reactive ketones (excluding diaryl/α,β-unsaturated/α-hetero) is 1. The summed E-state index contributed by atoms with van der Waals surface area (Å²) >= 11 is 0. The topological polar surface area (TPSA) is 43.1 Å². The molecule has 0 bridgehead atoms. The lowest BCUT2D eigenvalue weighted by Crippen LogP contribution is -2.11. The minimum atomic E-state index is 0.0969. The van der Waals surface area contributed by atoms with Crippen molar-refractivity contribution in [3.8, 4) is 0 Å². The van der Waals surface area contributed by atoms with Crippen LogP contribution in [0.1, 0.15) is 19.8 Å². The molecule has 0 amide bonds. The molecule has 0 aliphatic rings. The van der Waals surface area contributed by atoms with Gasteiger partial charge in [0, 0.05) is 6.42 Å². The summed E-state index contributed by atoms with van der Waals surface area (Å²) in [5, 5.41) is 0. The highest BCUT2D eigenvalue weighted by atomic mass is 16.1. The van der Waals surface area contributed by atoms with Gasteiger partial charge in [-0.15, -0.1) is 0 Å². The van der Waals surface area contributed by atoms with E-state index in [-0.39, 0.29) is 12.3 Å². The number of carbonyl (C=O) groups is 1. The summed E-state index contributed by atoms with van der Waals surface area (Å²) in [6.07, 6.45) is 5.30. The molecule has 0 heterocycles. The third kappa shape index (κ3) is 5.24. The molecular formula is C7H13NO. The number of hydrogen-bond acceptors (Lipinski definition) is 2. The van der Waals surface area contributed by atoms with E-state index in [1.807, 2.05) is 19.1 Å². The first-order chi connectivity index (χ1) is 4.31. The van der Waals surface area contributed by atoms with Crippen molar-refractivity contribution >= 4 is 5.78 Å². The summed E-state index contributed by atoms with van der Waals surface area (Å²) in [5.41, 5.74) is 5.07. The second-order valence-corrected chi connectivity index (χ2v) is 1.83. The molecule has 9 heavy (non-hydrogen) atoms. The minimum Gasteiger partial charge on any atom is -0.324 e. The van der Waals surface area contributed by atoms with E-state index in [0.717, 1.165) is 6.42 Å². The standard InChI is InChI=1S/C7H13NO/c1-2-3-4-5-7(9)6-8/h3-4H,2,5-6,8H2,1H3/b4-3+. The van der Waals surface area contributed by atoms with Crippen LogP contribution in [0.2, 0.25) is 0 Å². The van der Waals surface area contributed by atoms with Gasteiger partial charge in [0.15, 0.2) is 0 Å². The van der Waals surface area contributed by atoms with Crippen LogP contribution in [0.4, 0.5) is 0 Å². The zero-order valence-electron chi connectivity index (χ0n) is 5.76. The lowest BCUT2D eigenvalue weighted by Gasteiger charge is -1.86. The normalized spacial score (nSPS) is 10.4. The Morgan fingerprint density at radius 3 is 2.67 bits per heavy atom. The SMILES string of the molecule is CC/C=C/CC(=O)CN. The predicted octanol–water partition coefficient (Wildman–Crippen LogP) is 0.871. The van der Waals surface area contributed by atoms with Crippen LogP contribution >= 0.6 is 0 Å². The molecule has 52 valence electrons. The van der Waals surface area contributed by atoms with E-state index in [4.69, 9.17) is 5.73 Å². The van der Waals surface area contributed by atoms with Crippen molar-refractivity contribution < 1.29 is 4.79 Å². The number of ketones is 1. The number of carbonyl (C=O) groups excluding carboxylic acids is 1. The average molecular weight is 127 g/mol. The Bertz CT molecular complexity index is 107. The Balaban J connectivity index is 3.26. The molecule has 0 aromatic heterocycles. The van der Waals surface area contributed by atoms with Crippen LogP contribution in [0.5, 0.6) is 0 Å². The summed E-state index contributed by atoms with van der Waals surface area (Å²) in [4.78, 5) is 10.5. The quantitative estimate of drug-likeness (QED) is 0.569. The summed E-state index contributed by atoms with van der Waals surface area (Å²) < 4.78 is 0. The summed E-state index contributed by atoms with van der Waals surface area (Å²) in [5.74, 6) is 0.0969. The van der Waals surface area contributed by atoms with Crippen molar-refractivity contribution in [1.29, 1.82) is 0 Å². The van der Waals surface area contributed by atoms with Gasteiger partial charge in [0.2, 0.25) is 0 Å². The van der Waals surface area contributed by atoms with Crippen molar-refractivity contribution in [2.75, 3.05) is 6.54 Å². The Hall–Kier alpha value is -0.630. The Morgan fingerprint density at radius 2 is 2.22 bits per heavy atom. The molecule has 0 rings (SSSR count). The van der Waals surface area contributed by atoms with Crippen LogP contribution < -0.4 is 5.73 Å². The first kappa shape index (κ1) is 8.37. The van der Waals surface area contributed by atoms with E-state index < -0.39 is 0 Å². The van der Waals surface area contributed by atoms with Gasteiger partial charge in [-0.1, -0.05) is 19.1 Å². The molecule has 0 aromatic rings. The van der Waals surface area contributed by atoms with Gasteiger partial charge in [-0.25, -0.2) is 0 Å². The summed E-state index contributed by atoms with van der Waals surface area (Å²) in [6, 6.07) is 0. The van der Waals surface area contributed by atoms with E-state index in [0.29, 0.717) is 6.42 Å². The van der Waals surface area contributed by atoms with E-state index in [1.165, 1.54) is 0 Å². The number of hydrogen-bond donors (Lipinski definition) is 1. The van der Waals surface area contributed by atoms with E-state index in [2.05, 4.69) is 0 Å². The number of rotatable bonds is 4. The van der Waals surface area contributed by atoms with Gasteiger partial charge < -0.3 is 5.73 Å². The molecular weight excluding hydrogens is 114 g/mol.